The molecule has 0 aliphatic carbocycles. The van der Waals surface area contributed by atoms with Crippen molar-refractivity contribution < 1.29 is 13.2 Å². The highest BCUT2D eigenvalue weighted by molar-refractivity contribution is 7.89. The van der Waals surface area contributed by atoms with Gasteiger partial charge in [-0.2, -0.15) is 4.31 Å². The van der Waals surface area contributed by atoms with Crippen LogP contribution in [0.4, 0.5) is 5.13 Å². The number of carbonyl (C=O) groups is 1. The monoisotopic (exact) mass is 540 g/mol. The molecular formula is C26H25ClN4O3S2. The highest BCUT2D eigenvalue weighted by Gasteiger charge is 2.36. The van der Waals surface area contributed by atoms with Crippen molar-refractivity contribution in [3.63, 3.8) is 0 Å². The second kappa shape index (κ2) is 10.3. The second-order valence-corrected chi connectivity index (χ2v) is 12.2. The number of aromatic nitrogens is 2. The van der Waals surface area contributed by atoms with Crippen molar-refractivity contribution in [3.8, 4) is 0 Å². The van der Waals surface area contributed by atoms with E-state index in [1.165, 1.54) is 15.6 Å². The van der Waals surface area contributed by atoms with Crippen molar-refractivity contribution in [3.05, 3.63) is 83.1 Å². The number of hydrogen-bond donors (Lipinski definition) is 0. The number of carbonyl (C=O) groups excluding carboxylic acids is 1. The van der Waals surface area contributed by atoms with Crippen LogP contribution in [0.2, 0.25) is 5.02 Å². The molecule has 0 radical (unpaired) electrons. The Morgan fingerprint density at radius 1 is 1.17 bits per heavy atom. The summed E-state index contributed by atoms with van der Waals surface area (Å²) in [6.45, 7) is 2.72. The summed E-state index contributed by atoms with van der Waals surface area (Å²) >= 11 is 7.75. The highest BCUT2D eigenvalue weighted by atomic mass is 35.5. The molecule has 2 aromatic heterocycles. The number of piperidine rings is 1. The van der Waals surface area contributed by atoms with Gasteiger partial charge >= 0.3 is 0 Å². The van der Waals surface area contributed by atoms with Gasteiger partial charge in [0.1, 0.15) is 5.52 Å². The number of anilines is 1. The topological polar surface area (TPSA) is 83.5 Å². The summed E-state index contributed by atoms with van der Waals surface area (Å²) < 4.78 is 29.0. The fourth-order valence-electron chi connectivity index (χ4n) is 4.37. The van der Waals surface area contributed by atoms with Crippen molar-refractivity contribution >= 4 is 54.2 Å². The van der Waals surface area contributed by atoms with E-state index in [4.69, 9.17) is 11.6 Å². The molecule has 1 amide bonds. The summed E-state index contributed by atoms with van der Waals surface area (Å²) in [6.07, 6.45) is 4.61. The second-order valence-electron chi connectivity index (χ2n) is 8.88. The number of halogens is 1. The van der Waals surface area contributed by atoms with Gasteiger partial charge in [-0.25, -0.2) is 13.4 Å². The van der Waals surface area contributed by atoms with Crippen LogP contribution in [0.1, 0.15) is 24.0 Å². The fraction of sp³-hybridized carbons (Fsp3) is 0.269. The predicted octanol–water partition coefficient (Wildman–Crippen LogP) is 5.29. The lowest BCUT2D eigenvalue weighted by Gasteiger charge is -2.33. The summed E-state index contributed by atoms with van der Waals surface area (Å²) in [4.78, 5) is 24.7. The smallest absolute Gasteiger partial charge is 0.243 e. The van der Waals surface area contributed by atoms with Gasteiger partial charge in [0.15, 0.2) is 5.13 Å². The summed E-state index contributed by atoms with van der Waals surface area (Å²) in [5.41, 5.74) is 2.49. The molecule has 4 aromatic rings. The number of benzene rings is 2. The van der Waals surface area contributed by atoms with E-state index in [9.17, 15) is 13.2 Å². The zero-order chi connectivity index (χ0) is 25.3. The van der Waals surface area contributed by atoms with Crippen LogP contribution in [0.15, 0.2) is 71.9 Å². The van der Waals surface area contributed by atoms with Crippen molar-refractivity contribution in [2.75, 3.05) is 18.0 Å². The van der Waals surface area contributed by atoms with Gasteiger partial charge in [0, 0.05) is 25.5 Å². The highest BCUT2D eigenvalue weighted by Crippen LogP contribution is 2.35. The molecule has 0 spiro atoms. The molecule has 0 bridgehead atoms. The lowest BCUT2D eigenvalue weighted by atomic mass is 9.98. The molecule has 5 rings (SSSR count). The molecule has 1 atom stereocenters. The van der Waals surface area contributed by atoms with Gasteiger partial charge in [0.2, 0.25) is 15.9 Å². The Morgan fingerprint density at radius 2 is 1.97 bits per heavy atom. The standard InChI is InChI=1S/C26H25ClN4O3S2/c1-18-9-11-21(12-10-18)36(33,34)30-14-4-6-20(17-30)25(32)31(16-19-5-3-13-28-15-19)26-29-24-22(27)7-2-8-23(24)35-26/h2-3,5,7-13,15,20H,4,6,14,16-17H2,1H3. The molecule has 3 heterocycles. The van der Waals surface area contributed by atoms with Gasteiger partial charge in [-0.1, -0.05) is 52.8 Å². The van der Waals surface area contributed by atoms with Crippen molar-refractivity contribution in [1.29, 1.82) is 0 Å². The molecule has 1 fully saturated rings. The van der Waals surface area contributed by atoms with E-state index in [0.717, 1.165) is 15.8 Å². The Balaban J connectivity index is 1.45. The number of para-hydroxylation sites is 1. The average Bonchev–Trinajstić information content (AvgIpc) is 3.33. The van der Waals surface area contributed by atoms with E-state index in [-0.39, 0.29) is 23.9 Å². The van der Waals surface area contributed by atoms with E-state index < -0.39 is 15.9 Å². The molecule has 0 N–H and O–H groups in total. The van der Waals surface area contributed by atoms with Gasteiger partial charge in [0.25, 0.3) is 0 Å². The third kappa shape index (κ3) is 5.01. The van der Waals surface area contributed by atoms with E-state index in [1.54, 1.807) is 47.6 Å². The minimum atomic E-state index is -3.70. The first-order valence-electron chi connectivity index (χ1n) is 11.6. The maximum Gasteiger partial charge on any atom is 0.243 e. The fourth-order valence-corrected chi connectivity index (χ4v) is 7.17. The van der Waals surface area contributed by atoms with Crippen LogP contribution in [0, 0.1) is 12.8 Å². The quantitative estimate of drug-likeness (QED) is 0.332. The summed E-state index contributed by atoms with van der Waals surface area (Å²) in [6, 6.07) is 16.1. The molecule has 10 heteroatoms. The Morgan fingerprint density at radius 3 is 2.69 bits per heavy atom. The number of amides is 1. The lowest BCUT2D eigenvalue weighted by Crippen LogP contribution is -2.46. The van der Waals surface area contributed by atoms with Crippen LogP contribution in [0.25, 0.3) is 10.2 Å². The van der Waals surface area contributed by atoms with Gasteiger partial charge in [-0.3, -0.25) is 14.7 Å². The van der Waals surface area contributed by atoms with E-state index in [2.05, 4.69) is 9.97 Å². The van der Waals surface area contributed by atoms with Crippen LogP contribution >= 0.6 is 22.9 Å². The third-order valence-electron chi connectivity index (χ3n) is 6.31. The molecule has 2 aromatic carbocycles. The van der Waals surface area contributed by atoms with Crippen LogP contribution < -0.4 is 4.90 Å². The third-order valence-corrected chi connectivity index (χ3v) is 9.54. The van der Waals surface area contributed by atoms with Crippen LogP contribution in [0.5, 0.6) is 0 Å². The minimum absolute atomic E-state index is 0.129. The number of rotatable bonds is 6. The van der Waals surface area contributed by atoms with Crippen molar-refractivity contribution in [2.24, 2.45) is 5.92 Å². The van der Waals surface area contributed by atoms with Crippen molar-refractivity contribution in [1.82, 2.24) is 14.3 Å². The van der Waals surface area contributed by atoms with Gasteiger partial charge in [-0.15, -0.1) is 0 Å². The number of hydrogen-bond acceptors (Lipinski definition) is 6. The average molecular weight is 541 g/mol. The first-order chi connectivity index (χ1) is 17.3. The van der Waals surface area contributed by atoms with Crippen LogP contribution in [-0.2, 0) is 21.4 Å². The van der Waals surface area contributed by atoms with E-state index in [0.29, 0.717) is 35.1 Å². The lowest BCUT2D eigenvalue weighted by molar-refractivity contribution is -0.123. The number of pyridine rings is 1. The Kier molecular flexibility index (Phi) is 7.07. The molecule has 1 unspecified atom stereocenters. The van der Waals surface area contributed by atoms with E-state index >= 15 is 0 Å². The zero-order valence-electron chi connectivity index (χ0n) is 19.7. The Labute approximate surface area is 219 Å². The predicted molar refractivity (Wildman–Crippen MR) is 143 cm³/mol. The number of sulfonamides is 1. The molecule has 186 valence electrons. The van der Waals surface area contributed by atoms with Crippen LogP contribution in [-0.4, -0.2) is 41.7 Å². The maximum absolute atomic E-state index is 13.9. The van der Waals surface area contributed by atoms with Crippen LogP contribution in [0.3, 0.4) is 0 Å². The summed E-state index contributed by atoms with van der Waals surface area (Å²) in [5.74, 6) is -0.643. The number of aryl methyl sites for hydroxylation is 1. The van der Waals surface area contributed by atoms with Gasteiger partial charge in [-0.05, 0) is 55.7 Å². The summed E-state index contributed by atoms with van der Waals surface area (Å²) in [7, 11) is -3.70. The first kappa shape index (κ1) is 24.8. The zero-order valence-corrected chi connectivity index (χ0v) is 22.1. The Bertz CT molecular complexity index is 1490. The van der Waals surface area contributed by atoms with Gasteiger partial charge in [0.05, 0.1) is 27.1 Å². The molecule has 0 saturated carbocycles. The van der Waals surface area contributed by atoms with Gasteiger partial charge < -0.3 is 0 Å². The Hall–Kier alpha value is -2.85. The number of fused-ring (bicyclic) bond motifs is 1. The minimum Gasteiger partial charge on any atom is -0.283 e. The molecule has 1 saturated heterocycles. The number of nitrogens with zero attached hydrogens (tertiary/aromatic N) is 4. The molecule has 7 nitrogen and oxygen atoms in total. The maximum atomic E-state index is 13.9. The largest absolute Gasteiger partial charge is 0.283 e. The van der Waals surface area contributed by atoms with Crippen molar-refractivity contribution in [2.45, 2.75) is 31.2 Å². The molecule has 1 aliphatic heterocycles. The summed E-state index contributed by atoms with van der Waals surface area (Å²) in [5, 5.41) is 1.06. The molecule has 36 heavy (non-hydrogen) atoms. The first-order valence-corrected chi connectivity index (χ1v) is 14.3. The normalized spacial score (nSPS) is 16.8. The van der Waals surface area contributed by atoms with E-state index in [1.807, 2.05) is 31.2 Å². The molecular weight excluding hydrogens is 516 g/mol. The SMILES string of the molecule is Cc1ccc(S(=O)(=O)N2CCCC(C(=O)N(Cc3cccnc3)c3nc4c(Cl)cccc4s3)C2)cc1. The number of thiazole rings is 1. The molecule has 1 aliphatic rings.